The van der Waals surface area contributed by atoms with Crippen molar-refractivity contribution in [2.75, 3.05) is 0 Å². The fourth-order valence-electron chi connectivity index (χ4n) is 1.79. The van der Waals surface area contributed by atoms with Crippen LogP contribution in [0.4, 0.5) is 0 Å². The molecule has 0 amide bonds. The number of rotatable bonds is 3. The first-order valence-electron chi connectivity index (χ1n) is 5.22. The van der Waals surface area contributed by atoms with Gasteiger partial charge in [-0.2, -0.15) is 0 Å². The molecule has 16 heavy (non-hydrogen) atoms. The third kappa shape index (κ3) is 2.70. The predicted octanol–water partition coefficient (Wildman–Crippen LogP) is 3.51. The predicted molar refractivity (Wildman–Crippen MR) is 67.1 cm³/mol. The Labute approximate surface area is 105 Å². The van der Waals surface area contributed by atoms with E-state index in [1.807, 2.05) is 0 Å². The summed E-state index contributed by atoms with van der Waals surface area (Å²) in [6.07, 6.45) is 6.38. The number of halogens is 2. The molecule has 4 heteroatoms. The lowest BCUT2D eigenvalue weighted by atomic mass is 10.1. The van der Waals surface area contributed by atoms with Crippen LogP contribution in [0.1, 0.15) is 18.4 Å². The van der Waals surface area contributed by atoms with Gasteiger partial charge in [-0.3, -0.25) is 0 Å². The van der Waals surface area contributed by atoms with E-state index in [0.717, 1.165) is 18.4 Å². The van der Waals surface area contributed by atoms with Crippen LogP contribution >= 0.6 is 23.2 Å². The van der Waals surface area contributed by atoms with Crippen LogP contribution < -0.4 is 5.32 Å². The lowest BCUT2D eigenvalue weighted by Gasteiger charge is -2.13. The maximum Gasteiger partial charge on any atom is 0.138 e. The Morgan fingerprint density at radius 2 is 1.94 bits per heavy atom. The van der Waals surface area contributed by atoms with Gasteiger partial charge in [-0.05, 0) is 25.0 Å². The maximum atomic E-state index is 9.75. The van der Waals surface area contributed by atoms with E-state index in [4.69, 9.17) is 23.2 Å². The van der Waals surface area contributed by atoms with Crippen molar-refractivity contribution in [3.8, 4) is 5.75 Å². The fourth-order valence-corrected chi connectivity index (χ4v) is 2.33. The van der Waals surface area contributed by atoms with E-state index < -0.39 is 0 Å². The van der Waals surface area contributed by atoms with Gasteiger partial charge in [0.05, 0.1) is 5.02 Å². The van der Waals surface area contributed by atoms with Crippen molar-refractivity contribution in [2.45, 2.75) is 25.4 Å². The molecule has 2 N–H and O–H groups in total. The summed E-state index contributed by atoms with van der Waals surface area (Å²) >= 11 is 11.7. The minimum Gasteiger partial charge on any atom is -0.506 e. The van der Waals surface area contributed by atoms with Crippen molar-refractivity contribution < 1.29 is 5.11 Å². The van der Waals surface area contributed by atoms with Gasteiger partial charge in [0, 0.05) is 23.2 Å². The van der Waals surface area contributed by atoms with Crippen LogP contribution in [0.3, 0.4) is 0 Å². The SMILES string of the molecule is Oc1c(Cl)cc(Cl)cc1CNC1CC=CC1. The highest BCUT2D eigenvalue weighted by atomic mass is 35.5. The van der Waals surface area contributed by atoms with Crippen LogP contribution in [0.2, 0.25) is 10.0 Å². The van der Waals surface area contributed by atoms with Crippen molar-refractivity contribution in [1.29, 1.82) is 0 Å². The molecular weight excluding hydrogens is 245 g/mol. The van der Waals surface area contributed by atoms with Gasteiger partial charge in [0.25, 0.3) is 0 Å². The summed E-state index contributed by atoms with van der Waals surface area (Å²) in [4.78, 5) is 0. The van der Waals surface area contributed by atoms with Crippen LogP contribution in [-0.4, -0.2) is 11.1 Å². The first-order chi connectivity index (χ1) is 7.66. The Balaban J connectivity index is 2.03. The molecule has 0 radical (unpaired) electrons. The number of nitrogens with one attached hydrogen (secondary N) is 1. The molecule has 86 valence electrons. The van der Waals surface area contributed by atoms with Gasteiger partial charge in [-0.25, -0.2) is 0 Å². The number of phenols is 1. The Hall–Kier alpha value is -0.700. The summed E-state index contributed by atoms with van der Waals surface area (Å²) in [6.45, 7) is 0.582. The second-order valence-electron chi connectivity index (χ2n) is 3.92. The zero-order valence-corrected chi connectivity index (χ0v) is 10.2. The lowest BCUT2D eigenvalue weighted by molar-refractivity contribution is 0.458. The number of phenolic OH excluding ortho intramolecular Hbond substituents is 1. The fraction of sp³-hybridized carbons (Fsp3) is 0.333. The van der Waals surface area contributed by atoms with Crippen molar-refractivity contribution in [3.05, 3.63) is 39.9 Å². The molecule has 0 bridgehead atoms. The number of benzene rings is 1. The van der Waals surface area contributed by atoms with Gasteiger partial charge in [-0.1, -0.05) is 35.4 Å². The number of hydrogen-bond acceptors (Lipinski definition) is 2. The highest BCUT2D eigenvalue weighted by Crippen LogP contribution is 2.31. The normalized spacial score (nSPS) is 15.9. The Bertz CT molecular complexity index is 410. The van der Waals surface area contributed by atoms with E-state index in [0.29, 0.717) is 22.6 Å². The molecule has 2 rings (SSSR count). The van der Waals surface area contributed by atoms with Crippen LogP contribution in [-0.2, 0) is 6.54 Å². The smallest absolute Gasteiger partial charge is 0.138 e. The van der Waals surface area contributed by atoms with Crippen LogP contribution in [0.15, 0.2) is 24.3 Å². The van der Waals surface area contributed by atoms with E-state index in [1.54, 1.807) is 12.1 Å². The van der Waals surface area contributed by atoms with E-state index in [9.17, 15) is 5.11 Å². The third-order valence-corrected chi connectivity index (χ3v) is 3.20. The van der Waals surface area contributed by atoms with Gasteiger partial charge < -0.3 is 10.4 Å². The molecule has 1 aliphatic carbocycles. The molecule has 1 aliphatic rings. The summed E-state index contributed by atoms with van der Waals surface area (Å²) in [5.41, 5.74) is 0.740. The second kappa shape index (κ2) is 5.09. The highest BCUT2D eigenvalue weighted by Gasteiger charge is 2.12. The average molecular weight is 258 g/mol. The van der Waals surface area contributed by atoms with E-state index >= 15 is 0 Å². The first kappa shape index (κ1) is 11.8. The van der Waals surface area contributed by atoms with Crippen molar-refractivity contribution in [1.82, 2.24) is 5.32 Å². The number of hydrogen-bond donors (Lipinski definition) is 2. The molecule has 0 saturated carbocycles. The average Bonchev–Trinajstić information content (AvgIpc) is 2.74. The monoisotopic (exact) mass is 257 g/mol. The molecule has 0 spiro atoms. The molecule has 0 unspecified atom stereocenters. The van der Waals surface area contributed by atoms with Crippen molar-refractivity contribution >= 4 is 23.2 Å². The maximum absolute atomic E-state index is 9.75. The van der Waals surface area contributed by atoms with Crippen molar-refractivity contribution in [3.63, 3.8) is 0 Å². The zero-order valence-electron chi connectivity index (χ0n) is 8.71. The minimum absolute atomic E-state index is 0.115. The third-order valence-electron chi connectivity index (χ3n) is 2.70. The molecule has 0 aliphatic heterocycles. The van der Waals surface area contributed by atoms with Gasteiger partial charge in [0.2, 0.25) is 0 Å². The molecule has 0 heterocycles. The topological polar surface area (TPSA) is 32.3 Å². The van der Waals surface area contributed by atoms with Crippen LogP contribution in [0.5, 0.6) is 5.75 Å². The Morgan fingerprint density at radius 3 is 2.62 bits per heavy atom. The van der Waals surface area contributed by atoms with Gasteiger partial charge in [0.1, 0.15) is 5.75 Å². The Morgan fingerprint density at radius 1 is 1.25 bits per heavy atom. The largest absolute Gasteiger partial charge is 0.506 e. The summed E-state index contributed by atoms with van der Waals surface area (Å²) in [5.74, 6) is 0.115. The lowest BCUT2D eigenvalue weighted by Crippen LogP contribution is -2.25. The summed E-state index contributed by atoms with van der Waals surface area (Å²) < 4.78 is 0. The molecule has 1 aromatic carbocycles. The van der Waals surface area contributed by atoms with E-state index in [2.05, 4.69) is 17.5 Å². The molecular formula is C12H13Cl2NO. The van der Waals surface area contributed by atoms with Crippen molar-refractivity contribution in [2.24, 2.45) is 0 Å². The molecule has 0 aromatic heterocycles. The molecule has 0 fully saturated rings. The zero-order chi connectivity index (χ0) is 11.5. The minimum atomic E-state index is 0.115. The molecule has 0 atom stereocenters. The van der Waals surface area contributed by atoms with Gasteiger partial charge >= 0.3 is 0 Å². The quantitative estimate of drug-likeness (QED) is 0.813. The van der Waals surface area contributed by atoms with E-state index in [1.165, 1.54) is 0 Å². The summed E-state index contributed by atoms with van der Waals surface area (Å²) in [5, 5.41) is 13.9. The standard InChI is InChI=1S/C12H13Cl2NO/c13-9-5-8(12(16)11(14)6-9)7-15-10-3-1-2-4-10/h1-2,5-6,10,15-16H,3-4,7H2. The molecule has 1 aromatic rings. The molecule has 0 saturated heterocycles. The first-order valence-corrected chi connectivity index (χ1v) is 5.97. The van der Waals surface area contributed by atoms with Gasteiger partial charge in [-0.15, -0.1) is 0 Å². The van der Waals surface area contributed by atoms with Crippen LogP contribution in [0.25, 0.3) is 0 Å². The summed E-state index contributed by atoms with van der Waals surface area (Å²) in [6, 6.07) is 3.73. The van der Waals surface area contributed by atoms with E-state index in [-0.39, 0.29) is 5.75 Å². The Kier molecular flexibility index (Phi) is 3.74. The molecule has 2 nitrogen and oxygen atoms in total. The van der Waals surface area contributed by atoms with Crippen LogP contribution in [0, 0.1) is 0 Å². The second-order valence-corrected chi connectivity index (χ2v) is 4.76. The van der Waals surface area contributed by atoms with Gasteiger partial charge in [0.15, 0.2) is 0 Å². The highest BCUT2D eigenvalue weighted by molar-refractivity contribution is 6.35. The summed E-state index contributed by atoms with van der Waals surface area (Å²) in [7, 11) is 0. The number of aromatic hydroxyl groups is 1.